The van der Waals surface area contributed by atoms with E-state index in [2.05, 4.69) is 0 Å². The minimum Gasteiger partial charge on any atom is -0.449 e. The fourth-order valence-corrected chi connectivity index (χ4v) is 2.15. The molecule has 1 aromatic carbocycles. The maximum atomic E-state index is 12.9. The molecule has 20 heavy (non-hydrogen) atoms. The summed E-state index contributed by atoms with van der Waals surface area (Å²) in [7, 11) is 0. The van der Waals surface area contributed by atoms with Gasteiger partial charge in [0.2, 0.25) is 0 Å². The summed E-state index contributed by atoms with van der Waals surface area (Å²) in [5.41, 5.74) is 0.200. The zero-order valence-electron chi connectivity index (χ0n) is 11.1. The number of amides is 1. The Morgan fingerprint density at radius 1 is 1.40 bits per heavy atom. The molecule has 0 unspecified atom stereocenters. The number of hydrogen-bond donors (Lipinski definition) is 0. The number of anilines is 1. The number of hydrogen-bond acceptors (Lipinski definition) is 2. The lowest BCUT2D eigenvalue weighted by atomic mass is 9.99. The second-order valence-corrected chi connectivity index (χ2v) is 4.44. The summed E-state index contributed by atoms with van der Waals surface area (Å²) >= 11 is 0. The average Bonchev–Trinajstić information content (AvgIpc) is 2.36. The van der Waals surface area contributed by atoms with Crippen molar-refractivity contribution in [2.75, 3.05) is 18.1 Å². The molecule has 1 heterocycles. The van der Waals surface area contributed by atoms with Crippen molar-refractivity contribution in [3.8, 4) is 0 Å². The maximum absolute atomic E-state index is 12.9. The molecule has 0 saturated heterocycles. The summed E-state index contributed by atoms with van der Waals surface area (Å²) in [5, 5.41) is 0. The Labute approximate surface area is 114 Å². The van der Waals surface area contributed by atoms with Gasteiger partial charge in [-0.15, -0.1) is 0 Å². The molecule has 1 amide bonds. The quantitative estimate of drug-likeness (QED) is 0.780. The van der Waals surface area contributed by atoms with Crippen LogP contribution in [0.25, 0.3) is 6.08 Å². The normalized spacial score (nSPS) is 14.2. The van der Waals surface area contributed by atoms with E-state index in [1.807, 2.05) is 0 Å². The van der Waals surface area contributed by atoms with E-state index in [-0.39, 0.29) is 24.4 Å². The fourth-order valence-electron chi connectivity index (χ4n) is 2.15. The van der Waals surface area contributed by atoms with Gasteiger partial charge in [0, 0.05) is 6.54 Å². The van der Waals surface area contributed by atoms with Crippen LogP contribution in [-0.4, -0.2) is 19.2 Å². The maximum Gasteiger partial charge on any atom is 0.416 e. The van der Waals surface area contributed by atoms with Crippen LogP contribution in [0.2, 0.25) is 0 Å². The van der Waals surface area contributed by atoms with Gasteiger partial charge >= 0.3 is 12.3 Å². The SMILES string of the molecule is CCOC(=O)N1CC=Cc2cc(C)c(C(F)(F)F)cc21. The third kappa shape index (κ3) is 2.64. The third-order valence-electron chi connectivity index (χ3n) is 3.04. The Morgan fingerprint density at radius 3 is 2.70 bits per heavy atom. The smallest absolute Gasteiger partial charge is 0.416 e. The van der Waals surface area contributed by atoms with Gasteiger partial charge in [-0.05, 0) is 37.1 Å². The number of ether oxygens (including phenoxy) is 1. The van der Waals surface area contributed by atoms with Crippen molar-refractivity contribution in [1.82, 2.24) is 0 Å². The van der Waals surface area contributed by atoms with Crippen LogP contribution in [0.4, 0.5) is 23.7 Å². The van der Waals surface area contributed by atoms with E-state index in [1.54, 1.807) is 19.1 Å². The number of aryl methyl sites for hydroxylation is 1. The number of fused-ring (bicyclic) bond motifs is 1. The van der Waals surface area contributed by atoms with Gasteiger partial charge in [0.1, 0.15) is 0 Å². The first kappa shape index (κ1) is 14.4. The van der Waals surface area contributed by atoms with E-state index in [4.69, 9.17) is 4.74 Å². The molecule has 0 N–H and O–H groups in total. The highest BCUT2D eigenvalue weighted by Gasteiger charge is 2.34. The highest BCUT2D eigenvalue weighted by atomic mass is 19.4. The van der Waals surface area contributed by atoms with E-state index in [0.29, 0.717) is 5.56 Å². The molecule has 108 valence electrons. The van der Waals surface area contributed by atoms with Gasteiger partial charge in [0.25, 0.3) is 0 Å². The van der Waals surface area contributed by atoms with Crippen molar-refractivity contribution in [2.24, 2.45) is 0 Å². The van der Waals surface area contributed by atoms with E-state index >= 15 is 0 Å². The van der Waals surface area contributed by atoms with Crippen LogP contribution in [0.15, 0.2) is 18.2 Å². The number of halogens is 3. The lowest BCUT2D eigenvalue weighted by Gasteiger charge is -2.27. The van der Waals surface area contributed by atoms with Crippen LogP contribution in [0, 0.1) is 6.92 Å². The van der Waals surface area contributed by atoms with E-state index in [9.17, 15) is 18.0 Å². The van der Waals surface area contributed by atoms with Crippen LogP contribution < -0.4 is 4.90 Å². The molecular weight excluding hydrogens is 271 g/mol. The summed E-state index contributed by atoms with van der Waals surface area (Å²) in [6.45, 7) is 3.42. The molecule has 0 bridgehead atoms. The summed E-state index contributed by atoms with van der Waals surface area (Å²) in [5.74, 6) is 0. The highest BCUT2D eigenvalue weighted by molar-refractivity contribution is 5.93. The van der Waals surface area contributed by atoms with E-state index in [0.717, 1.165) is 6.07 Å². The molecule has 0 aliphatic carbocycles. The average molecular weight is 285 g/mol. The van der Waals surface area contributed by atoms with Crippen LogP contribution in [0.1, 0.15) is 23.6 Å². The molecule has 2 rings (SSSR count). The number of benzene rings is 1. The molecular formula is C14H14F3NO2. The van der Waals surface area contributed by atoms with Crippen LogP contribution in [0.5, 0.6) is 0 Å². The lowest BCUT2D eigenvalue weighted by molar-refractivity contribution is -0.138. The van der Waals surface area contributed by atoms with Crippen molar-refractivity contribution in [1.29, 1.82) is 0 Å². The topological polar surface area (TPSA) is 29.5 Å². The zero-order valence-corrected chi connectivity index (χ0v) is 11.1. The molecule has 0 radical (unpaired) electrons. The second kappa shape index (κ2) is 5.19. The summed E-state index contributed by atoms with van der Waals surface area (Å²) in [6.07, 6.45) is -1.67. The first-order valence-corrected chi connectivity index (χ1v) is 6.17. The van der Waals surface area contributed by atoms with Crippen molar-refractivity contribution < 1.29 is 22.7 Å². The van der Waals surface area contributed by atoms with Gasteiger partial charge in [0.05, 0.1) is 17.9 Å². The van der Waals surface area contributed by atoms with Crippen molar-refractivity contribution in [3.63, 3.8) is 0 Å². The number of rotatable bonds is 1. The second-order valence-electron chi connectivity index (χ2n) is 4.44. The summed E-state index contributed by atoms with van der Waals surface area (Å²) in [6, 6.07) is 2.44. The third-order valence-corrected chi connectivity index (χ3v) is 3.04. The first-order chi connectivity index (χ1) is 9.34. The Kier molecular flexibility index (Phi) is 3.74. The Balaban J connectivity index is 2.50. The predicted octanol–water partition coefficient (Wildman–Crippen LogP) is 4.00. The van der Waals surface area contributed by atoms with Gasteiger partial charge in [0.15, 0.2) is 0 Å². The molecule has 1 aromatic rings. The standard InChI is InChI=1S/C14H14F3NO2/c1-3-20-13(19)18-6-4-5-10-7-9(2)11(8-12(10)18)14(15,16)17/h4-5,7-8H,3,6H2,1-2H3. The molecule has 0 spiro atoms. The highest BCUT2D eigenvalue weighted by Crippen LogP contribution is 2.37. The Hall–Kier alpha value is -1.98. The fraction of sp³-hybridized carbons (Fsp3) is 0.357. The molecule has 1 aliphatic rings. The summed E-state index contributed by atoms with van der Waals surface area (Å²) in [4.78, 5) is 13.0. The molecule has 0 aromatic heterocycles. The van der Waals surface area contributed by atoms with Crippen LogP contribution in [-0.2, 0) is 10.9 Å². The predicted molar refractivity (Wildman–Crippen MR) is 69.6 cm³/mol. The monoisotopic (exact) mass is 285 g/mol. The molecule has 0 saturated carbocycles. The van der Waals surface area contributed by atoms with Crippen molar-refractivity contribution in [2.45, 2.75) is 20.0 Å². The van der Waals surface area contributed by atoms with Gasteiger partial charge in [-0.2, -0.15) is 13.2 Å². The minimum absolute atomic E-state index is 0.131. The van der Waals surface area contributed by atoms with E-state index in [1.165, 1.54) is 17.9 Å². The van der Waals surface area contributed by atoms with Gasteiger partial charge in [-0.1, -0.05) is 12.2 Å². The molecule has 1 aliphatic heterocycles. The number of nitrogens with zero attached hydrogens (tertiary/aromatic N) is 1. The number of carbonyl (C=O) groups excluding carboxylic acids is 1. The summed E-state index contributed by atoms with van der Waals surface area (Å²) < 4.78 is 43.7. The van der Waals surface area contributed by atoms with Crippen LogP contribution >= 0.6 is 0 Å². The van der Waals surface area contributed by atoms with Crippen molar-refractivity contribution >= 4 is 17.9 Å². The number of alkyl halides is 3. The van der Waals surface area contributed by atoms with Crippen LogP contribution in [0.3, 0.4) is 0 Å². The lowest BCUT2D eigenvalue weighted by Crippen LogP contribution is -2.34. The molecule has 0 fully saturated rings. The zero-order chi connectivity index (χ0) is 14.9. The van der Waals surface area contributed by atoms with Gasteiger partial charge < -0.3 is 4.74 Å². The largest absolute Gasteiger partial charge is 0.449 e. The molecule has 0 atom stereocenters. The van der Waals surface area contributed by atoms with Gasteiger partial charge in [-0.3, -0.25) is 4.90 Å². The number of carbonyl (C=O) groups is 1. The van der Waals surface area contributed by atoms with E-state index < -0.39 is 17.8 Å². The Bertz CT molecular complexity index is 564. The van der Waals surface area contributed by atoms with Gasteiger partial charge in [-0.25, -0.2) is 4.79 Å². The minimum atomic E-state index is -4.44. The molecule has 6 heteroatoms. The molecule has 3 nitrogen and oxygen atoms in total. The first-order valence-electron chi connectivity index (χ1n) is 6.17. The van der Waals surface area contributed by atoms with Crippen molar-refractivity contribution in [3.05, 3.63) is 34.9 Å². The Morgan fingerprint density at radius 2 is 2.10 bits per heavy atom.